The number of aryl methyl sites for hydroxylation is 1. The molecule has 9 heteroatoms. The van der Waals surface area contributed by atoms with Crippen LogP contribution in [0.2, 0.25) is 0 Å². The summed E-state index contributed by atoms with van der Waals surface area (Å²) < 4.78 is 17.9. The van der Waals surface area contributed by atoms with Gasteiger partial charge in [0, 0.05) is 17.3 Å². The smallest absolute Gasteiger partial charge is 0.251 e. The first-order valence-corrected chi connectivity index (χ1v) is 10.3. The number of fused-ring (bicyclic) bond motifs is 2. The van der Waals surface area contributed by atoms with Crippen molar-refractivity contribution in [1.82, 2.24) is 9.78 Å². The average molecular weight is 434 g/mol. The summed E-state index contributed by atoms with van der Waals surface area (Å²) in [6.07, 6.45) is -0.0452. The zero-order chi connectivity index (χ0) is 22.2. The molecule has 0 spiro atoms. The van der Waals surface area contributed by atoms with E-state index in [1.54, 1.807) is 30.0 Å². The van der Waals surface area contributed by atoms with E-state index in [2.05, 4.69) is 15.7 Å². The lowest BCUT2D eigenvalue weighted by Gasteiger charge is -2.19. The molecule has 2 aliphatic rings. The fourth-order valence-corrected chi connectivity index (χ4v) is 4.00. The summed E-state index contributed by atoms with van der Waals surface area (Å²) in [5.41, 5.74) is 3.08. The Morgan fingerprint density at radius 3 is 2.69 bits per heavy atom. The Kier molecular flexibility index (Phi) is 4.93. The van der Waals surface area contributed by atoms with E-state index in [9.17, 15) is 9.59 Å². The van der Waals surface area contributed by atoms with Crippen molar-refractivity contribution >= 4 is 23.3 Å². The van der Waals surface area contributed by atoms with Gasteiger partial charge in [0.05, 0.1) is 19.2 Å². The van der Waals surface area contributed by atoms with Crippen LogP contribution in [0.4, 0.5) is 11.5 Å². The molecule has 3 aromatic rings. The SMILES string of the molecule is COc1ccc(-c2c(C)nn3c2NC(=O)C3CC(=O)Nc2ccc3c(c2)OCCO3)cc1. The summed E-state index contributed by atoms with van der Waals surface area (Å²) in [5, 5.41) is 10.3. The molecule has 1 atom stereocenters. The largest absolute Gasteiger partial charge is 0.497 e. The fraction of sp³-hybridized carbons (Fsp3) is 0.261. The number of nitrogens with zero attached hydrogens (tertiary/aromatic N) is 2. The summed E-state index contributed by atoms with van der Waals surface area (Å²) in [6, 6.07) is 12.0. The van der Waals surface area contributed by atoms with E-state index in [4.69, 9.17) is 14.2 Å². The summed E-state index contributed by atoms with van der Waals surface area (Å²) in [4.78, 5) is 25.4. The predicted octanol–water partition coefficient (Wildman–Crippen LogP) is 3.16. The average Bonchev–Trinajstić information content (AvgIpc) is 3.27. The van der Waals surface area contributed by atoms with Crippen molar-refractivity contribution in [3.63, 3.8) is 0 Å². The van der Waals surface area contributed by atoms with Crippen LogP contribution in [0, 0.1) is 6.92 Å². The molecular weight excluding hydrogens is 412 g/mol. The number of anilines is 2. The van der Waals surface area contributed by atoms with Crippen molar-refractivity contribution in [3.8, 4) is 28.4 Å². The van der Waals surface area contributed by atoms with E-state index < -0.39 is 6.04 Å². The van der Waals surface area contributed by atoms with E-state index in [0.29, 0.717) is 36.2 Å². The lowest BCUT2D eigenvalue weighted by Crippen LogP contribution is -2.24. The molecule has 0 fully saturated rings. The standard InChI is InChI=1S/C23H22N4O5/c1-13-21(14-3-6-16(30-2)7-4-14)22-25-23(29)17(27(22)26-13)12-20(28)24-15-5-8-18-19(11-15)32-10-9-31-18/h3-8,11,17H,9-10,12H2,1-2H3,(H,24,28)(H,25,29). The van der Waals surface area contributed by atoms with Gasteiger partial charge >= 0.3 is 0 Å². The molecule has 2 aliphatic heterocycles. The quantitative estimate of drug-likeness (QED) is 0.639. The van der Waals surface area contributed by atoms with E-state index in [1.165, 1.54) is 0 Å². The summed E-state index contributed by atoms with van der Waals surface area (Å²) in [5.74, 6) is 2.00. The van der Waals surface area contributed by atoms with Gasteiger partial charge in [0.25, 0.3) is 5.91 Å². The first-order chi connectivity index (χ1) is 15.5. The minimum Gasteiger partial charge on any atom is -0.497 e. The fourth-order valence-electron chi connectivity index (χ4n) is 4.00. The Hall–Kier alpha value is -4.01. The molecule has 32 heavy (non-hydrogen) atoms. The van der Waals surface area contributed by atoms with Crippen LogP contribution in [0.1, 0.15) is 18.2 Å². The number of hydrogen-bond donors (Lipinski definition) is 2. The molecule has 0 saturated heterocycles. The highest BCUT2D eigenvalue weighted by Crippen LogP contribution is 2.39. The second-order valence-electron chi connectivity index (χ2n) is 7.60. The Balaban J connectivity index is 1.35. The third-order valence-electron chi connectivity index (χ3n) is 5.51. The van der Waals surface area contributed by atoms with Crippen molar-refractivity contribution < 1.29 is 23.8 Å². The second kappa shape index (κ2) is 7.92. The van der Waals surface area contributed by atoms with Gasteiger partial charge in [-0.3, -0.25) is 9.59 Å². The molecule has 1 unspecified atom stereocenters. The molecule has 0 aliphatic carbocycles. The Morgan fingerprint density at radius 2 is 1.94 bits per heavy atom. The summed E-state index contributed by atoms with van der Waals surface area (Å²) in [6.45, 7) is 2.84. The topological polar surface area (TPSA) is 104 Å². The first-order valence-electron chi connectivity index (χ1n) is 10.3. The zero-order valence-electron chi connectivity index (χ0n) is 17.7. The molecule has 9 nitrogen and oxygen atoms in total. The van der Waals surface area contributed by atoms with Gasteiger partial charge in [-0.2, -0.15) is 5.10 Å². The van der Waals surface area contributed by atoms with Crippen molar-refractivity contribution in [1.29, 1.82) is 0 Å². The summed E-state index contributed by atoms with van der Waals surface area (Å²) in [7, 11) is 1.61. The van der Waals surface area contributed by atoms with E-state index in [1.807, 2.05) is 31.2 Å². The maximum Gasteiger partial charge on any atom is 0.251 e. The van der Waals surface area contributed by atoms with Crippen molar-refractivity contribution in [2.75, 3.05) is 31.0 Å². The van der Waals surface area contributed by atoms with Gasteiger partial charge in [0.2, 0.25) is 5.91 Å². The second-order valence-corrected chi connectivity index (χ2v) is 7.60. The molecule has 0 bridgehead atoms. The highest BCUT2D eigenvalue weighted by atomic mass is 16.6. The molecule has 0 saturated carbocycles. The monoisotopic (exact) mass is 434 g/mol. The third kappa shape index (κ3) is 3.51. The van der Waals surface area contributed by atoms with Crippen molar-refractivity contribution in [2.45, 2.75) is 19.4 Å². The van der Waals surface area contributed by atoms with Gasteiger partial charge in [-0.05, 0) is 36.8 Å². The van der Waals surface area contributed by atoms with Gasteiger partial charge in [0.1, 0.15) is 30.8 Å². The van der Waals surface area contributed by atoms with Gasteiger partial charge in [-0.15, -0.1) is 0 Å². The van der Waals surface area contributed by atoms with Crippen LogP contribution < -0.4 is 24.8 Å². The Bertz CT molecular complexity index is 1200. The molecule has 2 N–H and O–H groups in total. The number of carbonyl (C=O) groups is 2. The number of hydrogen-bond acceptors (Lipinski definition) is 6. The molecular formula is C23H22N4O5. The van der Waals surface area contributed by atoms with Crippen molar-refractivity contribution in [2.24, 2.45) is 0 Å². The maximum absolute atomic E-state index is 12.7. The van der Waals surface area contributed by atoms with Crippen molar-refractivity contribution in [3.05, 3.63) is 48.2 Å². The number of rotatable bonds is 5. The summed E-state index contributed by atoms with van der Waals surface area (Å²) >= 11 is 0. The van der Waals surface area contributed by atoms with E-state index in [0.717, 1.165) is 22.6 Å². The van der Waals surface area contributed by atoms with Crippen LogP contribution in [-0.2, 0) is 9.59 Å². The molecule has 1 aromatic heterocycles. The van der Waals surface area contributed by atoms with Crippen LogP contribution in [0.3, 0.4) is 0 Å². The van der Waals surface area contributed by atoms with Crippen LogP contribution in [0.5, 0.6) is 17.2 Å². The molecule has 5 rings (SSSR count). The zero-order valence-corrected chi connectivity index (χ0v) is 17.7. The van der Waals surface area contributed by atoms with E-state index >= 15 is 0 Å². The highest BCUT2D eigenvalue weighted by Gasteiger charge is 2.36. The number of aromatic nitrogens is 2. The maximum atomic E-state index is 12.7. The number of carbonyl (C=O) groups excluding carboxylic acids is 2. The number of methoxy groups -OCH3 is 1. The predicted molar refractivity (Wildman–Crippen MR) is 117 cm³/mol. The van der Waals surface area contributed by atoms with E-state index in [-0.39, 0.29) is 18.2 Å². The molecule has 3 heterocycles. The molecule has 164 valence electrons. The number of benzene rings is 2. The van der Waals surface area contributed by atoms with Crippen LogP contribution in [0.25, 0.3) is 11.1 Å². The van der Waals surface area contributed by atoms with Crippen LogP contribution in [-0.4, -0.2) is 41.9 Å². The molecule has 2 aromatic carbocycles. The number of amides is 2. The highest BCUT2D eigenvalue weighted by molar-refractivity contribution is 6.04. The van der Waals surface area contributed by atoms with Gasteiger partial charge < -0.3 is 24.8 Å². The Labute approximate surface area is 184 Å². The van der Waals surface area contributed by atoms with Gasteiger partial charge in [-0.1, -0.05) is 12.1 Å². The lowest BCUT2D eigenvalue weighted by atomic mass is 10.1. The van der Waals surface area contributed by atoms with Gasteiger partial charge in [-0.25, -0.2) is 4.68 Å². The number of nitrogens with one attached hydrogen (secondary N) is 2. The number of ether oxygens (including phenoxy) is 3. The normalized spacial score (nSPS) is 16.3. The van der Waals surface area contributed by atoms with Crippen LogP contribution >= 0.6 is 0 Å². The minimum atomic E-state index is -0.729. The molecule has 0 radical (unpaired) electrons. The van der Waals surface area contributed by atoms with Crippen LogP contribution in [0.15, 0.2) is 42.5 Å². The molecule has 2 amide bonds. The first kappa shape index (κ1) is 19.9. The third-order valence-corrected chi connectivity index (χ3v) is 5.51. The lowest BCUT2D eigenvalue weighted by molar-refractivity contribution is -0.123. The van der Waals surface area contributed by atoms with Gasteiger partial charge in [0.15, 0.2) is 11.5 Å². The minimum absolute atomic E-state index is 0.0452. The Morgan fingerprint density at radius 1 is 1.19 bits per heavy atom.